The maximum absolute atomic E-state index is 13.1. The summed E-state index contributed by atoms with van der Waals surface area (Å²) in [6.45, 7) is 14.8. The van der Waals surface area contributed by atoms with Crippen LogP contribution in [0.15, 0.2) is 47.3 Å². The standard InChI is InChI=1S/C31H38O9/c1-16-25(29(6)11-9-22(34)28(4,5)21(29)14-24(35)36-8)26(38-17(2)32)27(39-18(3)33)30(7)20(19-10-12-37-15-19)13-23-31(16,30)40-23/h9-12,15,20-21,23,25-27H,1,13-14H2,2-8H3/t20-,21+,23-,25-,26-,27+,29-,30-,31-/m1/s1. The van der Waals surface area contributed by atoms with Crippen LogP contribution in [-0.2, 0) is 38.1 Å². The molecule has 216 valence electrons. The molecule has 1 saturated heterocycles. The van der Waals surface area contributed by atoms with Crippen molar-refractivity contribution >= 4 is 23.7 Å². The fraction of sp³-hybridized carbons (Fsp3) is 0.613. The van der Waals surface area contributed by atoms with Crippen molar-refractivity contribution in [3.8, 4) is 0 Å². The van der Waals surface area contributed by atoms with Crippen molar-refractivity contribution < 1.29 is 42.5 Å². The van der Waals surface area contributed by atoms with Gasteiger partial charge in [0.1, 0.15) is 17.8 Å². The first kappa shape index (κ1) is 28.3. The van der Waals surface area contributed by atoms with Gasteiger partial charge in [-0.05, 0) is 35.6 Å². The zero-order valence-electron chi connectivity index (χ0n) is 24.1. The van der Waals surface area contributed by atoms with E-state index < -0.39 is 63.8 Å². The Morgan fingerprint density at radius 2 is 1.77 bits per heavy atom. The van der Waals surface area contributed by atoms with E-state index >= 15 is 0 Å². The minimum Gasteiger partial charge on any atom is -0.472 e. The number of rotatable bonds is 6. The summed E-state index contributed by atoms with van der Waals surface area (Å²) in [4.78, 5) is 51.2. The zero-order valence-corrected chi connectivity index (χ0v) is 24.1. The van der Waals surface area contributed by atoms with Gasteiger partial charge in [0.25, 0.3) is 0 Å². The third-order valence-electron chi connectivity index (χ3n) is 10.4. The van der Waals surface area contributed by atoms with Crippen molar-refractivity contribution in [2.45, 2.75) is 84.2 Å². The highest BCUT2D eigenvalue weighted by molar-refractivity contribution is 5.96. The summed E-state index contributed by atoms with van der Waals surface area (Å²) in [6.07, 6.45) is 5.12. The Bertz CT molecular complexity index is 1290. The molecule has 0 bridgehead atoms. The Morgan fingerprint density at radius 1 is 1.10 bits per heavy atom. The second kappa shape index (κ2) is 9.16. The zero-order chi connectivity index (χ0) is 29.4. The first-order valence-corrected chi connectivity index (χ1v) is 13.7. The molecule has 9 nitrogen and oxygen atoms in total. The van der Waals surface area contributed by atoms with E-state index in [1.54, 1.807) is 18.6 Å². The summed E-state index contributed by atoms with van der Waals surface area (Å²) in [7, 11) is 1.31. The molecule has 3 aliphatic carbocycles. The molecule has 1 spiro atoms. The Labute approximate surface area is 234 Å². The molecule has 0 aromatic carbocycles. The number of esters is 3. The molecule has 1 aromatic heterocycles. The molecule has 0 amide bonds. The predicted octanol–water partition coefficient (Wildman–Crippen LogP) is 4.31. The van der Waals surface area contributed by atoms with Crippen molar-refractivity contribution in [2.24, 2.45) is 28.1 Å². The van der Waals surface area contributed by atoms with Crippen LogP contribution >= 0.6 is 0 Å². The Balaban J connectivity index is 1.73. The SMILES string of the molecule is C=C1[C@@H]([C@]2(C)C=CC(=O)C(C)(C)[C@@H]2CC(=O)OC)[C@@H](OC(C)=O)[C@H](OC(C)=O)[C@@]2(C)[C@@H](c3ccoc3)C[C@H]3O[C@]132. The van der Waals surface area contributed by atoms with Gasteiger partial charge in [0.2, 0.25) is 0 Å². The molecule has 0 N–H and O–H groups in total. The van der Waals surface area contributed by atoms with Crippen molar-refractivity contribution in [1.29, 1.82) is 0 Å². The third kappa shape index (κ3) is 3.69. The van der Waals surface area contributed by atoms with Gasteiger partial charge in [0.15, 0.2) is 5.78 Å². The van der Waals surface area contributed by atoms with Crippen LogP contribution in [0.2, 0.25) is 0 Å². The van der Waals surface area contributed by atoms with Crippen molar-refractivity contribution in [1.82, 2.24) is 0 Å². The van der Waals surface area contributed by atoms with Crippen LogP contribution < -0.4 is 0 Å². The number of carbonyl (C=O) groups is 4. The number of hydrogen-bond acceptors (Lipinski definition) is 9. The van der Waals surface area contributed by atoms with E-state index in [9.17, 15) is 19.2 Å². The third-order valence-corrected chi connectivity index (χ3v) is 10.4. The maximum Gasteiger partial charge on any atom is 0.305 e. The lowest BCUT2D eigenvalue weighted by atomic mass is 9.46. The first-order chi connectivity index (χ1) is 18.7. The molecule has 9 heteroatoms. The van der Waals surface area contributed by atoms with Crippen molar-refractivity contribution in [3.63, 3.8) is 0 Å². The van der Waals surface area contributed by atoms with E-state index in [4.69, 9.17) is 23.4 Å². The minimum atomic E-state index is -0.972. The molecule has 0 unspecified atom stereocenters. The first-order valence-electron chi connectivity index (χ1n) is 13.7. The van der Waals surface area contributed by atoms with Crippen molar-refractivity contribution in [3.05, 3.63) is 48.5 Å². The van der Waals surface area contributed by atoms with Crippen LogP contribution in [0.3, 0.4) is 0 Å². The lowest BCUT2D eigenvalue weighted by Gasteiger charge is -2.59. The highest BCUT2D eigenvalue weighted by atomic mass is 16.6. The van der Waals surface area contributed by atoms with Crippen molar-refractivity contribution in [2.75, 3.05) is 7.11 Å². The Kier molecular flexibility index (Phi) is 6.49. The average Bonchev–Trinajstić information content (AvgIpc) is 3.22. The second-order valence-corrected chi connectivity index (χ2v) is 12.7. The highest BCUT2D eigenvalue weighted by Crippen LogP contribution is 2.76. The fourth-order valence-electron chi connectivity index (χ4n) is 8.53. The molecule has 1 aliphatic heterocycles. The predicted molar refractivity (Wildman–Crippen MR) is 142 cm³/mol. The Morgan fingerprint density at radius 3 is 2.35 bits per heavy atom. The fourth-order valence-corrected chi connectivity index (χ4v) is 8.53. The topological polar surface area (TPSA) is 122 Å². The summed E-state index contributed by atoms with van der Waals surface area (Å²) in [5.41, 5.74) is -1.98. The van der Waals surface area contributed by atoms with Gasteiger partial charge >= 0.3 is 17.9 Å². The molecule has 40 heavy (non-hydrogen) atoms. The van der Waals surface area contributed by atoms with Crippen LogP contribution in [0.4, 0.5) is 0 Å². The van der Waals surface area contributed by atoms with Gasteiger partial charge in [-0.25, -0.2) is 0 Å². The number of methoxy groups -OCH3 is 1. The van der Waals surface area contributed by atoms with Crippen LogP contribution in [0.5, 0.6) is 0 Å². The van der Waals surface area contributed by atoms with Gasteiger partial charge in [0, 0.05) is 36.5 Å². The number of epoxide rings is 1. The number of furan rings is 1. The van der Waals surface area contributed by atoms with E-state index in [0.717, 1.165) is 5.56 Å². The number of carbonyl (C=O) groups excluding carboxylic acids is 4. The second-order valence-electron chi connectivity index (χ2n) is 12.7. The minimum absolute atomic E-state index is 0.0446. The smallest absolute Gasteiger partial charge is 0.305 e. The van der Waals surface area contributed by atoms with Crippen LogP contribution in [0.1, 0.15) is 65.9 Å². The molecule has 0 radical (unpaired) electrons. The van der Waals surface area contributed by atoms with Gasteiger partial charge in [-0.1, -0.05) is 40.3 Å². The molecular formula is C31H38O9. The highest BCUT2D eigenvalue weighted by Gasteiger charge is 2.84. The van der Waals surface area contributed by atoms with E-state index in [2.05, 4.69) is 6.58 Å². The molecule has 1 aromatic rings. The molecule has 3 fully saturated rings. The summed E-state index contributed by atoms with van der Waals surface area (Å²) in [5.74, 6) is -2.99. The van der Waals surface area contributed by atoms with E-state index in [1.807, 2.05) is 33.8 Å². The van der Waals surface area contributed by atoms with E-state index in [1.165, 1.54) is 27.0 Å². The molecule has 5 rings (SSSR count). The van der Waals surface area contributed by atoms with Gasteiger partial charge < -0.3 is 23.4 Å². The monoisotopic (exact) mass is 554 g/mol. The van der Waals surface area contributed by atoms with E-state index in [-0.39, 0.29) is 24.2 Å². The lowest BCUT2D eigenvalue weighted by molar-refractivity contribution is -0.206. The Hall–Kier alpha value is -3.20. The summed E-state index contributed by atoms with van der Waals surface area (Å²) in [6, 6.07) is 1.89. The summed E-state index contributed by atoms with van der Waals surface area (Å²) >= 11 is 0. The summed E-state index contributed by atoms with van der Waals surface area (Å²) in [5, 5.41) is 0. The quantitative estimate of drug-likeness (QED) is 0.219. The van der Waals surface area contributed by atoms with Crippen LogP contribution in [-0.4, -0.2) is 54.7 Å². The molecule has 4 aliphatic rings. The van der Waals surface area contributed by atoms with Crippen LogP contribution in [0.25, 0.3) is 0 Å². The lowest BCUT2D eigenvalue weighted by Crippen LogP contribution is -2.66. The number of allylic oxidation sites excluding steroid dienone is 2. The average molecular weight is 555 g/mol. The van der Waals surface area contributed by atoms with Gasteiger partial charge in [0.05, 0.1) is 37.6 Å². The van der Waals surface area contributed by atoms with Crippen LogP contribution in [0, 0.1) is 28.1 Å². The maximum atomic E-state index is 13.1. The number of hydrogen-bond donors (Lipinski definition) is 0. The molecule has 9 atom stereocenters. The van der Waals surface area contributed by atoms with E-state index in [0.29, 0.717) is 12.0 Å². The largest absolute Gasteiger partial charge is 0.472 e. The van der Waals surface area contributed by atoms with Gasteiger partial charge in [-0.15, -0.1) is 0 Å². The molecular weight excluding hydrogens is 516 g/mol. The molecule has 2 heterocycles. The number of ketones is 1. The number of ether oxygens (including phenoxy) is 4. The van der Waals surface area contributed by atoms with Gasteiger partial charge in [-0.3, -0.25) is 19.2 Å². The summed E-state index contributed by atoms with van der Waals surface area (Å²) < 4.78 is 29.2. The molecule has 2 saturated carbocycles. The van der Waals surface area contributed by atoms with Gasteiger partial charge in [-0.2, -0.15) is 0 Å². The normalized spacial score (nSPS) is 41.1.